The summed E-state index contributed by atoms with van der Waals surface area (Å²) in [5, 5.41) is 2.74. The molecule has 0 fully saturated rings. The van der Waals surface area contributed by atoms with Gasteiger partial charge in [-0.25, -0.2) is 12.7 Å². The number of nitrogens with zero attached hydrogens (tertiary/aromatic N) is 1. The fourth-order valence-corrected chi connectivity index (χ4v) is 3.30. The number of hydrogen-bond donors (Lipinski definition) is 1. The van der Waals surface area contributed by atoms with Gasteiger partial charge in [0.2, 0.25) is 10.0 Å². The highest BCUT2D eigenvalue weighted by Crippen LogP contribution is 2.25. The summed E-state index contributed by atoms with van der Waals surface area (Å²) >= 11 is 0. The van der Waals surface area contributed by atoms with Gasteiger partial charge < -0.3 is 10.1 Å². The van der Waals surface area contributed by atoms with Crippen molar-refractivity contribution in [3.8, 4) is 5.75 Å². The van der Waals surface area contributed by atoms with Crippen LogP contribution >= 0.6 is 0 Å². The molecule has 0 saturated carbocycles. The Morgan fingerprint density at radius 3 is 2.27 bits per heavy atom. The standard InChI is InChI=1S/C19H24N2O4S/c1-13-6-8-16(9-7-13)25-12-19(22)20-18-11-17(10-14(2)15(18)3)26(23,24)21(4)5/h6-11H,12H2,1-5H3,(H,20,22). The van der Waals surface area contributed by atoms with Gasteiger partial charge in [-0.3, -0.25) is 4.79 Å². The smallest absolute Gasteiger partial charge is 0.262 e. The van der Waals surface area contributed by atoms with Crippen molar-refractivity contribution in [2.75, 3.05) is 26.0 Å². The van der Waals surface area contributed by atoms with Crippen LogP contribution in [0.1, 0.15) is 16.7 Å². The molecular weight excluding hydrogens is 352 g/mol. The first-order chi connectivity index (χ1) is 12.1. The molecule has 140 valence electrons. The van der Waals surface area contributed by atoms with Crippen molar-refractivity contribution in [3.63, 3.8) is 0 Å². The number of ether oxygens (including phenoxy) is 1. The van der Waals surface area contributed by atoms with E-state index in [-0.39, 0.29) is 17.4 Å². The van der Waals surface area contributed by atoms with Crippen molar-refractivity contribution in [1.29, 1.82) is 0 Å². The van der Waals surface area contributed by atoms with E-state index in [0.29, 0.717) is 11.4 Å². The van der Waals surface area contributed by atoms with Crippen molar-refractivity contribution < 1.29 is 17.9 Å². The number of rotatable bonds is 6. The summed E-state index contributed by atoms with van der Waals surface area (Å²) in [4.78, 5) is 12.4. The number of carbonyl (C=O) groups excluding carboxylic acids is 1. The molecule has 2 aromatic rings. The second kappa shape index (κ2) is 7.88. The zero-order valence-corrected chi connectivity index (χ0v) is 16.5. The Hall–Kier alpha value is -2.38. The average Bonchev–Trinajstić information content (AvgIpc) is 2.58. The van der Waals surface area contributed by atoms with Crippen LogP contribution in [0.5, 0.6) is 5.75 Å². The molecular formula is C19H24N2O4S. The van der Waals surface area contributed by atoms with Gasteiger partial charge in [0.15, 0.2) is 6.61 Å². The summed E-state index contributed by atoms with van der Waals surface area (Å²) in [5.41, 5.74) is 3.16. The van der Waals surface area contributed by atoms with Crippen LogP contribution in [0, 0.1) is 20.8 Å². The van der Waals surface area contributed by atoms with E-state index in [1.165, 1.54) is 20.2 Å². The van der Waals surface area contributed by atoms with Crippen LogP contribution in [0.4, 0.5) is 5.69 Å². The SMILES string of the molecule is Cc1ccc(OCC(=O)Nc2cc(S(=O)(=O)N(C)C)cc(C)c2C)cc1. The lowest BCUT2D eigenvalue weighted by Crippen LogP contribution is -2.24. The van der Waals surface area contributed by atoms with E-state index in [4.69, 9.17) is 4.74 Å². The number of nitrogens with one attached hydrogen (secondary N) is 1. The number of anilines is 1. The molecule has 7 heteroatoms. The number of hydrogen-bond acceptors (Lipinski definition) is 4. The lowest BCUT2D eigenvalue weighted by atomic mass is 10.1. The number of amides is 1. The van der Waals surface area contributed by atoms with Crippen LogP contribution in [0.3, 0.4) is 0 Å². The van der Waals surface area contributed by atoms with Gasteiger partial charge in [0.05, 0.1) is 4.90 Å². The van der Waals surface area contributed by atoms with E-state index in [1.807, 2.05) is 32.9 Å². The van der Waals surface area contributed by atoms with Gasteiger partial charge in [-0.2, -0.15) is 0 Å². The Morgan fingerprint density at radius 1 is 1.08 bits per heavy atom. The van der Waals surface area contributed by atoms with Gasteiger partial charge in [0, 0.05) is 19.8 Å². The normalized spacial score (nSPS) is 11.5. The maximum atomic E-state index is 12.4. The Bertz CT molecular complexity index is 904. The van der Waals surface area contributed by atoms with Crippen LogP contribution < -0.4 is 10.1 Å². The molecule has 0 atom stereocenters. The van der Waals surface area contributed by atoms with Crippen molar-refractivity contribution in [3.05, 3.63) is 53.1 Å². The Balaban J connectivity index is 2.16. The zero-order valence-electron chi connectivity index (χ0n) is 15.7. The van der Waals surface area contributed by atoms with Crippen LogP contribution in [-0.2, 0) is 14.8 Å². The van der Waals surface area contributed by atoms with E-state index < -0.39 is 10.0 Å². The second-order valence-electron chi connectivity index (χ2n) is 6.35. The molecule has 0 heterocycles. The zero-order chi connectivity index (χ0) is 19.5. The minimum atomic E-state index is -3.58. The number of sulfonamides is 1. The quantitative estimate of drug-likeness (QED) is 0.841. The summed E-state index contributed by atoms with van der Waals surface area (Å²) in [6, 6.07) is 10.5. The van der Waals surface area contributed by atoms with E-state index >= 15 is 0 Å². The van der Waals surface area contributed by atoms with Gasteiger partial charge in [-0.1, -0.05) is 17.7 Å². The number of benzene rings is 2. The van der Waals surface area contributed by atoms with Gasteiger partial charge in [-0.05, 0) is 56.2 Å². The van der Waals surface area contributed by atoms with Gasteiger partial charge >= 0.3 is 0 Å². The van der Waals surface area contributed by atoms with Gasteiger partial charge in [0.25, 0.3) is 5.91 Å². The first-order valence-corrected chi connectivity index (χ1v) is 9.58. The third-order valence-electron chi connectivity index (χ3n) is 4.08. The molecule has 2 rings (SSSR count). The molecule has 0 radical (unpaired) electrons. The second-order valence-corrected chi connectivity index (χ2v) is 8.50. The molecule has 0 aromatic heterocycles. The van der Waals surface area contributed by atoms with Crippen molar-refractivity contribution in [1.82, 2.24) is 4.31 Å². The summed E-state index contributed by atoms with van der Waals surface area (Å²) in [5.74, 6) is 0.245. The molecule has 2 aromatic carbocycles. The van der Waals surface area contributed by atoms with Crippen molar-refractivity contribution in [2.45, 2.75) is 25.7 Å². The van der Waals surface area contributed by atoms with E-state index in [9.17, 15) is 13.2 Å². The molecule has 0 saturated heterocycles. The van der Waals surface area contributed by atoms with Crippen molar-refractivity contribution >= 4 is 21.6 Å². The van der Waals surface area contributed by atoms with Crippen LogP contribution in [-0.4, -0.2) is 39.3 Å². The molecule has 26 heavy (non-hydrogen) atoms. The monoisotopic (exact) mass is 376 g/mol. The van der Waals surface area contributed by atoms with E-state index in [1.54, 1.807) is 18.2 Å². The minimum absolute atomic E-state index is 0.139. The highest BCUT2D eigenvalue weighted by atomic mass is 32.2. The Kier molecular flexibility index (Phi) is 6.05. The molecule has 0 unspecified atom stereocenters. The fourth-order valence-electron chi connectivity index (χ4n) is 2.29. The largest absolute Gasteiger partial charge is 0.484 e. The average molecular weight is 376 g/mol. The molecule has 0 aliphatic carbocycles. The molecule has 1 N–H and O–H groups in total. The third-order valence-corrected chi connectivity index (χ3v) is 5.88. The molecule has 0 aliphatic heterocycles. The minimum Gasteiger partial charge on any atom is -0.484 e. The lowest BCUT2D eigenvalue weighted by Gasteiger charge is -2.16. The molecule has 0 aliphatic rings. The molecule has 6 nitrogen and oxygen atoms in total. The topological polar surface area (TPSA) is 75.7 Å². The van der Waals surface area contributed by atoms with Crippen LogP contribution in [0.25, 0.3) is 0 Å². The summed E-state index contributed by atoms with van der Waals surface area (Å²) < 4.78 is 31.3. The first kappa shape index (κ1) is 19.9. The summed E-state index contributed by atoms with van der Waals surface area (Å²) in [7, 11) is -0.642. The molecule has 1 amide bonds. The molecule has 0 bridgehead atoms. The van der Waals surface area contributed by atoms with Gasteiger partial charge in [-0.15, -0.1) is 0 Å². The first-order valence-electron chi connectivity index (χ1n) is 8.14. The predicted molar refractivity (Wildman–Crippen MR) is 102 cm³/mol. The van der Waals surface area contributed by atoms with Crippen LogP contribution in [0.15, 0.2) is 41.3 Å². The Morgan fingerprint density at radius 2 is 1.69 bits per heavy atom. The highest BCUT2D eigenvalue weighted by Gasteiger charge is 2.20. The van der Waals surface area contributed by atoms with Crippen LogP contribution in [0.2, 0.25) is 0 Å². The maximum Gasteiger partial charge on any atom is 0.262 e. The Labute approximate surface area is 154 Å². The lowest BCUT2D eigenvalue weighted by molar-refractivity contribution is -0.118. The highest BCUT2D eigenvalue weighted by molar-refractivity contribution is 7.89. The predicted octanol–water partition coefficient (Wildman–Crippen LogP) is 2.88. The number of aryl methyl sites for hydroxylation is 2. The van der Waals surface area contributed by atoms with Crippen molar-refractivity contribution in [2.24, 2.45) is 0 Å². The number of carbonyl (C=O) groups is 1. The summed E-state index contributed by atoms with van der Waals surface area (Å²) in [6.07, 6.45) is 0. The fraction of sp³-hybridized carbons (Fsp3) is 0.316. The molecule has 0 spiro atoms. The maximum absolute atomic E-state index is 12.4. The van der Waals surface area contributed by atoms with E-state index in [2.05, 4.69) is 5.32 Å². The summed E-state index contributed by atoms with van der Waals surface area (Å²) in [6.45, 7) is 5.45. The van der Waals surface area contributed by atoms with E-state index in [0.717, 1.165) is 21.0 Å². The van der Waals surface area contributed by atoms with Gasteiger partial charge in [0.1, 0.15) is 5.75 Å². The third kappa shape index (κ3) is 4.62.